The van der Waals surface area contributed by atoms with Gasteiger partial charge >= 0.3 is 6.36 Å². The summed E-state index contributed by atoms with van der Waals surface area (Å²) in [4.78, 5) is 0. The van der Waals surface area contributed by atoms with Crippen molar-refractivity contribution < 1.29 is 31.1 Å². The Labute approximate surface area is 197 Å². The van der Waals surface area contributed by atoms with E-state index >= 15 is 0 Å². The molecule has 0 spiro atoms. The van der Waals surface area contributed by atoms with Crippen LogP contribution in [0.4, 0.5) is 26.3 Å². The third kappa shape index (κ3) is 7.16. The van der Waals surface area contributed by atoms with E-state index in [4.69, 9.17) is 0 Å². The maximum Gasteiger partial charge on any atom is 0.573 e. The minimum absolute atomic E-state index is 0.0830. The second-order valence-electron chi connectivity index (χ2n) is 9.59. The molecular weight excluding hydrogens is 454 g/mol. The maximum atomic E-state index is 14.8. The summed E-state index contributed by atoms with van der Waals surface area (Å²) in [5.74, 6) is -3.52. The lowest BCUT2D eigenvalue weighted by Gasteiger charge is -2.32. The van der Waals surface area contributed by atoms with Crippen LogP contribution in [0.1, 0.15) is 70.8 Å². The fourth-order valence-electron chi connectivity index (χ4n) is 5.12. The molecule has 1 aliphatic carbocycles. The van der Waals surface area contributed by atoms with Gasteiger partial charge in [-0.25, -0.2) is 13.2 Å². The number of halogens is 6. The lowest BCUT2D eigenvalue weighted by molar-refractivity contribution is -0.276. The fourth-order valence-corrected chi connectivity index (χ4v) is 5.12. The molecule has 0 aliphatic heterocycles. The van der Waals surface area contributed by atoms with Gasteiger partial charge in [0.1, 0.15) is 5.82 Å². The van der Waals surface area contributed by atoms with Crippen LogP contribution in [0.3, 0.4) is 0 Å². The molecule has 1 saturated carbocycles. The second kappa shape index (κ2) is 11.5. The molecule has 1 aliphatic rings. The number of hydrogen-bond acceptors (Lipinski definition) is 1. The highest BCUT2D eigenvalue weighted by Crippen LogP contribution is 2.38. The van der Waals surface area contributed by atoms with Gasteiger partial charge in [0.2, 0.25) is 5.75 Å². The molecule has 34 heavy (non-hydrogen) atoms. The van der Waals surface area contributed by atoms with Gasteiger partial charge in [0.15, 0.2) is 11.6 Å². The zero-order valence-electron chi connectivity index (χ0n) is 19.7. The SMILES string of the molecule is CCCCCC1CCC(C(C)Cc2ccc(-c3cc(F)c(OC(F)(F)F)c(F)c3)c(F)c2)CC1. The van der Waals surface area contributed by atoms with Crippen LogP contribution >= 0.6 is 0 Å². The van der Waals surface area contributed by atoms with E-state index in [0.29, 0.717) is 30.4 Å². The molecule has 3 rings (SSSR count). The van der Waals surface area contributed by atoms with Gasteiger partial charge in [-0.1, -0.05) is 64.5 Å². The molecule has 0 saturated heterocycles. The Bertz CT molecular complexity index is 924. The summed E-state index contributed by atoms with van der Waals surface area (Å²) in [6.07, 6.45) is 5.48. The summed E-state index contributed by atoms with van der Waals surface area (Å²) in [5.41, 5.74) is 0.514. The minimum atomic E-state index is -5.24. The molecule has 2 aromatic carbocycles. The van der Waals surface area contributed by atoms with Gasteiger partial charge in [0.25, 0.3) is 0 Å². The normalized spacial score (nSPS) is 19.8. The van der Waals surface area contributed by atoms with Crippen LogP contribution in [0.25, 0.3) is 11.1 Å². The number of benzene rings is 2. The lowest BCUT2D eigenvalue weighted by Crippen LogP contribution is -2.21. The topological polar surface area (TPSA) is 9.23 Å². The molecule has 188 valence electrons. The summed E-state index contributed by atoms with van der Waals surface area (Å²) >= 11 is 0. The first-order valence-corrected chi connectivity index (χ1v) is 12.1. The Balaban J connectivity index is 1.63. The number of alkyl halides is 3. The third-order valence-electron chi connectivity index (χ3n) is 7.03. The van der Waals surface area contributed by atoms with Crippen molar-refractivity contribution in [3.8, 4) is 16.9 Å². The Morgan fingerprint density at radius 1 is 0.912 bits per heavy atom. The molecule has 1 fully saturated rings. The minimum Gasteiger partial charge on any atom is -0.399 e. The van der Waals surface area contributed by atoms with E-state index < -0.39 is 29.6 Å². The van der Waals surface area contributed by atoms with Crippen molar-refractivity contribution in [2.75, 3.05) is 0 Å². The summed E-state index contributed by atoms with van der Waals surface area (Å²) in [5, 5.41) is 0. The van der Waals surface area contributed by atoms with E-state index in [9.17, 15) is 26.3 Å². The predicted molar refractivity (Wildman–Crippen MR) is 121 cm³/mol. The summed E-state index contributed by atoms with van der Waals surface area (Å²) in [6.45, 7) is 4.39. The number of rotatable bonds is 9. The van der Waals surface area contributed by atoms with E-state index in [-0.39, 0.29) is 11.1 Å². The van der Waals surface area contributed by atoms with Gasteiger partial charge in [-0.05, 0) is 66.3 Å². The summed E-state index contributed by atoms with van der Waals surface area (Å²) < 4.78 is 83.3. The Kier molecular flexibility index (Phi) is 8.94. The average molecular weight is 487 g/mol. The molecule has 0 radical (unpaired) electrons. The Morgan fingerprint density at radius 2 is 1.56 bits per heavy atom. The lowest BCUT2D eigenvalue weighted by atomic mass is 9.73. The molecule has 1 nitrogen and oxygen atoms in total. The second-order valence-corrected chi connectivity index (χ2v) is 9.59. The first-order valence-electron chi connectivity index (χ1n) is 12.1. The number of unbranched alkanes of at least 4 members (excludes halogenated alkanes) is 2. The van der Waals surface area contributed by atoms with Gasteiger partial charge in [-0.15, -0.1) is 13.2 Å². The van der Waals surface area contributed by atoms with Gasteiger partial charge in [-0.2, -0.15) is 0 Å². The van der Waals surface area contributed by atoms with Crippen molar-refractivity contribution in [1.29, 1.82) is 0 Å². The molecule has 1 unspecified atom stereocenters. The van der Waals surface area contributed by atoms with Crippen molar-refractivity contribution in [2.45, 2.75) is 78.0 Å². The predicted octanol–water partition coefficient (Wildman–Crippen LogP) is 9.23. The average Bonchev–Trinajstić information content (AvgIpc) is 2.76. The molecule has 0 aromatic heterocycles. The van der Waals surface area contributed by atoms with Gasteiger partial charge in [0, 0.05) is 5.56 Å². The van der Waals surface area contributed by atoms with Crippen molar-refractivity contribution in [3.05, 3.63) is 53.3 Å². The third-order valence-corrected chi connectivity index (χ3v) is 7.03. The Morgan fingerprint density at radius 3 is 2.12 bits per heavy atom. The fraction of sp³-hybridized carbons (Fsp3) is 0.556. The van der Waals surface area contributed by atoms with Crippen LogP contribution in [0.15, 0.2) is 30.3 Å². The van der Waals surface area contributed by atoms with Crippen LogP contribution in [-0.4, -0.2) is 6.36 Å². The summed E-state index contributed by atoms with van der Waals surface area (Å²) in [6, 6.07) is 5.76. The molecule has 0 bridgehead atoms. The molecule has 0 amide bonds. The highest BCUT2D eigenvalue weighted by atomic mass is 19.4. The molecule has 0 N–H and O–H groups in total. The van der Waals surface area contributed by atoms with E-state index in [1.165, 1.54) is 63.5 Å². The zero-order chi connectivity index (χ0) is 24.9. The molecule has 1 atom stereocenters. The quantitative estimate of drug-likeness (QED) is 0.254. The van der Waals surface area contributed by atoms with Crippen molar-refractivity contribution >= 4 is 0 Å². The van der Waals surface area contributed by atoms with Crippen LogP contribution < -0.4 is 4.74 Å². The standard InChI is InChI=1S/C27H32F6O/c1-3-4-5-6-18-7-10-20(11-8-18)17(2)13-19-9-12-22(23(28)14-19)21-15-24(29)26(25(30)16-21)34-27(31,32)33/h9,12,14-18,20H,3-8,10-11,13H2,1-2H3. The van der Waals surface area contributed by atoms with Crippen LogP contribution in [0.5, 0.6) is 5.75 Å². The van der Waals surface area contributed by atoms with Crippen molar-refractivity contribution in [2.24, 2.45) is 17.8 Å². The maximum absolute atomic E-state index is 14.8. The van der Waals surface area contributed by atoms with Gasteiger partial charge in [0.05, 0.1) is 0 Å². The van der Waals surface area contributed by atoms with Crippen LogP contribution in [0, 0.1) is 35.2 Å². The monoisotopic (exact) mass is 486 g/mol. The molecular formula is C27H32F6O. The largest absolute Gasteiger partial charge is 0.573 e. The molecule has 2 aromatic rings. The van der Waals surface area contributed by atoms with Crippen LogP contribution in [0.2, 0.25) is 0 Å². The van der Waals surface area contributed by atoms with Crippen LogP contribution in [-0.2, 0) is 6.42 Å². The first kappa shape index (κ1) is 26.4. The molecule has 7 heteroatoms. The van der Waals surface area contributed by atoms with Gasteiger partial charge < -0.3 is 4.74 Å². The van der Waals surface area contributed by atoms with E-state index in [0.717, 1.165) is 11.5 Å². The highest BCUT2D eigenvalue weighted by Gasteiger charge is 2.34. The molecule has 0 heterocycles. The van der Waals surface area contributed by atoms with E-state index in [2.05, 4.69) is 18.6 Å². The van der Waals surface area contributed by atoms with E-state index in [1.807, 2.05) is 0 Å². The highest BCUT2D eigenvalue weighted by molar-refractivity contribution is 5.65. The summed E-state index contributed by atoms with van der Waals surface area (Å²) in [7, 11) is 0. The number of ether oxygens (including phenoxy) is 1. The number of hydrogen-bond donors (Lipinski definition) is 0. The Hall–Kier alpha value is -2.18. The first-order chi connectivity index (χ1) is 16.1. The van der Waals surface area contributed by atoms with Crippen molar-refractivity contribution in [3.63, 3.8) is 0 Å². The zero-order valence-corrected chi connectivity index (χ0v) is 19.7. The van der Waals surface area contributed by atoms with Gasteiger partial charge in [-0.3, -0.25) is 0 Å². The van der Waals surface area contributed by atoms with E-state index in [1.54, 1.807) is 6.07 Å². The van der Waals surface area contributed by atoms with Crippen molar-refractivity contribution in [1.82, 2.24) is 0 Å². The smallest absolute Gasteiger partial charge is 0.399 e.